The second-order valence-corrected chi connectivity index (χ2v) is 2.73. The number of terminal acetylenes is 1. The molecule has 1 aromatic heterocycles. The first-order valence-corrected chi connectivity index (χ1v) is 3.51. The van der Waals surface area contributed by atoms with E-state index in [1.807, 2.05) is 13.8 Å². The van der Waals surface area contributed by atoms with Gasteiger partial charge in [0.15, 0.2) is 5.76 Å². The fourth-order valence-electron chi connectivity index (χ4n) is 0.822. The molecule has 0 aliphatic heterocycles. The number of hydrogen-bond donors (Lipinski definition) is 1. The van der Waals surface area contributed by atoms with E-state index in [2.05, 4.69) is 5.92 Å². The Balaban J connectivity index is 3.07. The Bertz CT molecular complexity index is 291. The molecule has 1 heterocycles. The summed E-state index contributed by atoms with van der Waals surface area (Å²) < 4.78 is 5.26. The highest BCUT2D eigenvalue weighted by Gasteiger charge is 2.08. The molecule has 0 aliphatic carbocycles. The van der Waals surface area contributed by atoms with Crippen LogP contribution >= 0.6 is 0 Å². The van der Waals surface area contributed by atoms with Gasteiger partial charge in [-0.05, 0) is 5.92 Å². The van der Waals surface area contributed by atoms with E-state index in [1.54, 1.807) is 6.07 Å². The van der Waals surface area contributed by atoms with Crippen molar-refractivity contribution in [2.75, 3.05) is 5.73 Å². The van der Waals surface area contributed by atoms with Crippen LogP contribution in [-0.2, 0) is 0 Å². The summed E-state index contributed by atoms with van der Waals surface area (Å²) in [7, 11) is 0. The van der Waals surface area contributed by atoms with Crippen molar-refractivity contribution in [1.29, 1.82) is 0 Å². The maximum absolute atomic E-state index is 5.55. The Morgan fingerprint density at radius 2 is 2.27 bits per heavy atom. The van der Waals surface area contributed by atoms with Crippen molar-refractivity contribution in [3.8, 4) is 12.3 Å². The van der Waals surface area contributed by atoms with Gasteiger partial charge in [-0.1, -0.05) is 13.8 Å². The van der Waals surface area contributed by atoms with E-state index in [4.69, 9.17) is 16.6 Å². The highest BCUT2D eigenvalue weighted by Crippen LogP contribution is 2.22. The molecule has 2 nitrogen and oxygen atoms in total. The molecule has 0 atom stereocenters. The van der Waals surface area contributed by atoms with Crippen LogP contribution in [0.2, 0.25) is 0 Å². The topological polar surface area (TPSA) is 39.2 Å². The van der Waals surface area contributed by atoms with E-state index < -0.39 is 0 Å². The lowest BCUT2D eigenvalue weighted by molar-refractivity contribution is 0.478. The summed E-state index contributed by atoms with van der Waals surface area (Å²) in [6, 6.07) is 1.78. The number of anilines is 1. The molecule has 0 fully saturated rings. The smallest absolute Gasteiger partial charge is 0.199 e. The maximum atomic E-state index is 5.55. The molecule has 58 valence electrons. The van der Waals surface area contributed by atoms with Crippen molar-refractivity contribution in [1.82, 2.24) is 0 Å². The van der Waals surface area contributed by atoms with Crippen molar-refractivity contribution in [2.45, 2.75) is 19.8 Å². The fourth-order valence-corrected chi connectivity index (χ4v) is 0.822. The van der Waals surface area contributed by atoms with Gasteiger partial charge in [0.2, 0.25) is 0 Å². The molecule has 0 aliphatic rings. The summed E-state index contributed by atoms with van der Waals surface area (Å²) in [5.41, 5.74) is 6.11. The van der Waals surface area contributed by atoms with Gasteiger partial charge in [0.05, 0.1) is 5.69 Å². The van der Waals surface area contributed by atoms with Gasteiger partial charge in [-0.25, -0.2) is 0 Å². The summed E-state index contributed by atoms with van der Waals surface area (Å²) >= 11 is 0. The Morgan fingerprint density at radius 1 is 1.64 bits per heavy atom. The fraction of sp³-hybridized carbons (Fsp3) is 0.333. The van der Waals surface area contributed by atoms with Crippen molar-refractivity contribution < 1.29 is 4.42 Å². The number of nitrogen functional groups attached to an aromatic ring is 1. The van der Waals surface area contributed by atoms with E-state index in [0.29, 0.717) is 17.4 Å². The number of rotatable bonds is 1. The lowest BCUT2D eigenvalue weighted by atomic mass is 10.1. The summed E-state index contributed by atoms with van der Waals surface area (Å²) in [6.45, 7) is 4.05. The lowest BCUT2D eigenvalue weighted by Crippen LogP contribution is -1.82. The van der Waals surface area contributed by atoms with Gasteiger partial charge in [0.1, 0.15) is 5.76 Å². The molecular weight excluding hydrogens is 138 g/mol. The minimum absolute atomic E-state index is 0.333. The van der Waals surface area contributed by atoms with Crippen molar-refractivity contribution in [3.05, 3.63) is 17.6 Å². The van der Waals surface area contributed by atoms with Crippen LogP contribution < -0.4 is 5.73 Å². The SMILES string of the molecule is C#Cc1oc(C(C)C)cc1N. The molecule has 2 N–H and O–H groups in total. The minimum Gasteiger partial charge on any atom is -0.450 e. The molecule has 2 heteroatoms. The molecule has 0 saturated carbocycles. The Hall–Kier alpha value is -1.36. The molecular formula is C9H11NO. The zero-order valence-electron chi connectivity index (χ0n) is 6.72. The molecule has 0 radical (unpaired) electrons. The predicted octanol–water partition coefficient (Wildman–Crippen LogP) is 1.97. The van der Waals surface area contributed by atoms with E-state index >= 15 is 0 Å². The van der Waals surface area contributed by atoms with Crippen LogP contribution in [0.5, 0.6) is 0 Å². The van der Waals surface area contributed by atoms with E-state index in [1.165, 1.54) is 0 Å². The summed E-state index contributed by atoms with van der Waals surface area (Å²) in [5, 5.41) is 0. The summed E-state index contributed by atoms with van der Waals surface area (Å²) in [5.74, 6) is 3.99. The molecule has 0 aromatic carbocycles. The van der Waals surface area contributed by atoms with Gasteiger partial charge in [-0.15, -0.1) is 6.42 Å². The van der Waals surface area contributed by atoms with Crippen LogP contribution in [-0.4, -0.2) is 0 Å². The third kappa shape index (κ3) is 1.38. The highest BCUT2D eigenvalue weighted by atomic mass is 16.3. The molecule has 0 saturated heterocycles. The standard InChI is InChI=1S/C9H11NO/c1-4-8-7(10)5-9(11-8)6(2)3/h1,5-6H,10H2,2-3H3. The second kappa shape index (κ2) is 2.71. The molecule has 1 rings (SSSR count). The number of hydrogen-bond acceptors (Lipinski definition) is 2. The monoisotopic (exact) mass is 149 g/mol. The van der Waals surface area contributed by atoms with Gasteiger partial charge >= 0.3 is 0 Å². The average Bonchev–Trinajstić information content (AvgIpc) is 2.31. The van der Waals surface area contributed by atoms with Gasteiger partial charge < -0.3 is 10.2 Å². The molecule has 0 amide bonds. The van der Waals surface area contributed by atoms with Gasteiger partial charge in [-0.2, -0.15) is 0 Å². The quantitative estimate of drug-likeness (QED) is 0.620. The molecule has 0 bridgehead atoms. The zero-order valence-corrected chi connectivity index (χ0v) is 6.72. The normalized spacial score (nSPS) is 10.0. The first-order chi connectivity index (χ1) is 5.15. The maximum Gasteiger partial charge on any atom is 0.199 e. The van der Waals surface area contributed by atoms with E-state index in [9.17, 15) is 0 Å². The van der Waals surface area contributed by atoms with Crippen molar-refractivity contribution in [3.63, 3.8) is 0 Å². The largest absolute Gasteiger partial charge is 0.450 e. The van der Waals surface area contributed by atoms with E-state index in [0.717, 1.165) is 5.76 Å². The third-order valence-electron chi connectivity index (χ3n) is 1.48. The minimum atomic E-state index is 0.333. The lowest BCUT2D eigenvalue weighted by Gasteiger charge is -1.95. The summed E-state index contributed by atoms with van der Waals surface area (Å²) in [6.07, 6.45) is 5.14. The molecule has 1 aromatic rings. The molecule has 0 unspecified atom stereocenters. The molecule has 0 spiro atoms. The van der Waals surface area contributed by atoms with Gasteiger partial charge in [-0.3, -0.25) is 0 Å². The Morgan fingerprint density at radius 3 is 2.55 bits per heavy atom. The third-order valence-corrected chi connectivity index (χ3v) is 1.48. The number of nitrogens with two attached hydrogens (primary N) is 1. The van der Waals surface area contributed by atoms with Gasteiger partial charge in [0.25, 0.3) is 0 Å². The highest BCUT2D eigenvalue weighted by molar-refractivity contribution is 5.51. The molecule has 11 heavy (non-hydrogen) atoms. The van der Waals surface area contributed by atoms with Crippen molar-refractivity contribution in [2.24, 2.45) is 0 Å². The Kier molecular flexibility index (Phi) is 1.91. The first kappa shape index (κ1) is 7.74. The number of furan rings is 1. The van der Waals surface area contributed by atoms with Crippen LogP contribution in [0, 0.1) is 12.3 Å². The average molecular weight is 149 g/mol. The first-order valence-electron chi connectivity index (χ1n) is 3.51. The van der Waals surface area contributed by atoms with Crippen molar-refractivity contribution >= 4 is 5.69 Å². The van der Waals surface area contributed by atoms with E-state index in [-0.39, 0.29) is 0 Å². The van der Waals surface area contributed by atoms with Crippen LogP contribution in [0.15, 0.2) is 10.5 Å². The zero-order chi connectivity index (χ0) is 8.43. The van der Waals surface area contributed by atoms with Crippen LogP contribution in [0.25, 0.3) is 0 Å². The van der Waals surface area contributed by atoms with Gasteiger partial charge in [0, 0.05) is 12.0 Å². The van der Waals surface area contributed by atoms with Crippen LogP contribution in [0.4, 0.5) is 5.69 Å². The Labute approximate surface area is 66.4 Å². The van der Waals surface area contributed by atoms with Crippen LogP contribution in [0.1, 0.15) is 31.3 Å². The predicted molar refractivity (Wildman–Crippen MR) is 45.1 cm³/mol. The second-order valence-electron chi connectivity index (χ2n) is 2.73. The summed E-state index contributed by atoms with van der Waals surface area (Å²) in [4.78, 5) is 0. The van der Waals surface area contributed by atoms with Crippen LogP contribution in [0.3, 0.4) is 0 Å².